The molecule has 0 aliphatic rings. The highest BCUT2D eigenvalue weighted by Gasteiger charge is 2.21. The third-order valence-electron chi connectivity index (χ3n) is 2.02. The summed E-state index contributed by atoms with van der Waals surface area (Å²) in [6.07, 6.45) is 0. The fourth-order valence-corrected chi connectivity index (χ4v) is 1.64. The summed E-state index contributed by atoms with van der Waals surface area (Å²) in [6, 6.07) is 6.35. The lowest BCUT2D eigenvalue weighted by molar-refractivity contribution is 0.00661. The minimum Gasteiger partial charge on any atom is -0.456 e. The van der Waals surface area contributed by atoms with Crippen LogP contribution in [0.4, 0.5) is 0 Å². The molecule has 0 radical (unpaired) electrons. The lowest BCUT2D eigenvalue weighted by Gasteiger charge is -2.20. The third-order valence-corrected chi connectivity index (χ3v) is 2.49. The fraction of sp³-hybridized carbons (Fsp3) is 0.417. The number of ether oxygens (including phenoxy) is 1. The van der Waals surface area contributed by atoms with Gasteiger partial charge in [0.1, 0.15) is 5.60 Å². The van der Waals surface area contributed by atoms with Gasteiger partial charge in [0.15, 0.2) is 0 Å². The maximum atomic E-state index is 11.9. The van der Waals surface area contributed by atoms with Gasteiger partial charge in [0.25, 0.3) is 0 Å². The molecule has 0 heterocycles. The summed E-state index contributed by atoms with van der Waals surface area (Å²) in [5.41, 5.74) is -0.0557. The van der Waals surface area contributed by atoms with Crippen molar-refractivity contribution >= 4 is 13.8 Å². The molecule has 7 heteroatoms. The molecule has 1 aromatic carbocycles. The monoisotopic (exact) mass is 288 g/mol. The number of benzene rings is 1. The van der Waals surface area contributed by atoms with Crippen molar-refractivity contribution in [2.75, 3.05) is 0 Å². The molecule has 1 rings (SSSR count). The van der Waals surface area contributed by atoms with Crippen LogP contribution in [-0.4, -0.2) is 21.4 Å². The Balaban J connectivity index is 2.90. The van der Waals surface area contributed by atoms with Crippen LogP contribution in [0.5, 0.6) is 0 Å². The quantitative estimate of drug-likeness (QED) is 0.652. The number of phosphoric ester groups is 1. The van der Waals surface area contributed by atoms with Crippen molar-refractivity contribution in [1.82, 2.24) is 0 Å². The molecular formula is C12H17O6P. The van der Waals surface area contributed by atoms with Crippen molar-refractivity contribution < 1.29 is 28.4 Å². The number of rotatable bonds is 4. The number of hydrogen-bond donors (Lipinski definition) is 2. The van der Waals surface area contributed by atoms with Crippen LogP contribution in [0.25, 0.3) is 0 Å². The van der Waals surface area contributed by atoms with Crippen LogP contribution >= 0.6 is 7.82 Å². The zero-order chi connectivity index (χ0) is 14.7. The highest BCUT2D eigenvalue weighted by Crippen LogP contribution is 2.37. The summed E-state index contributed by atoms with van der Waals surface area (Å²) in [7, 11) is -4.57. The van der Waals surface area contributed by atoms with Crippen molar-refractivity contribution in [3.63, 3.8) is 0 Å². The molecule has 0 spiro atoms. The summed E-state index contributed by atoms with van der Waals surface area (Å²) in [4.78, 5) is 29.3. The number of hydrogen-bond acceptors (Lipinski definition) is 4. The van der Waals surface area contributed by atoms with E-state index in [4.69, 9.17) is 14.5 Å². The van der Waals surface area contributed by atoms with Crippen LogP contribution in [0.15, 0.2) is 24.3 Å². The number of phosphoric acid groups is 1. The fourth-order valence-electron chi connectivity index (χ4n) is 1.33. The zero-order valence-corrected chi connectivity index (χ0v) is 11.9. The molecule has 0 fully saturated rings. The second kappa shape index (κ2) is 5.84. The number of carbonyl (C=O) groups excluding carboxylic acids is 1. The van der Waals surface area contributed by atoms with Gasteiger partial charge in [-0.25, -0.2) is 9.36 Å². The largest absolute Gasteiger partial charge is 0.469 e. The van der Waals surface area contributed by atoms with Gasteiger partial charge in [-0.05, 0) is 32.4 Å². The van der Waals surface area contributed by atoms with Crippen LogP contribution in [-0.2, 0) is 20.4 Å². The highest BCUT2D eigenvalue weighted by atomic mass is 31.2. The van der Waals surface area contributed by atoms with E-state index in [1.807, 2.05) is 0 Å². The average molecular weight is 288 g/mol. The Morgan fingerprint density at radius 2 is 1.84 bits per heavy atom. The molecule has 1 aromatic rings. The molecule has 0 aliphatic carbocycles. The SMILES string of the molecule is CC(C)(C)OC(=O)c1ccccc1COP(=O)(O)O. The Bertz CT molecular complexity index is 499. The molecule has 0 amide bonds. The van der Waals surface area contributed by atoms with E-state index in [0.29, 0.717) is 5.56 Å². The standard InChI is InChI=1S/C12H17O6P/c1-12(2,3)18-11(13)10-7-5-4-6-9(10)8-17-19(14,15)16/h4-7H,8H2,1-3H3,(H2,14,15,16). The molecule has 0 unspecified atom stereocenters. The Hall–Kier alpha value is -1.20. The first kappa shape index (κ1) is 15.9. The molecule has 2 N–H and O–H groups in total. The van der Waals surface area contributed by atoms with Gasteiger partial charge in [0.05, 0.1) is 12.2 Å². The topological polar surface area (TPSA) is 93.1 Å². The predicted octanol–water partition coefficient (Wildman–Crippen LogP) is 2.25. The van der Waals surface area contributed by atoms with Gasteiger partial charge in [-0.2, -0.15) is 0 Å². The summed E-state index contributed by atoms with van der Waals surface area (Å²) in [5.74, 6) is -0.558. The Morgan fingerprint density at radius 3 is 2.37 bits per heavy atom. The summed E-state index contributed by atoms with van der Waals surface area (Å²) < 4.78 is 20.3. The van der Waals surface area contributed by atoms with E-state index in [2.05, 4.69) is 4.52 Å². The van der Waals surface area contributed by atoms with E-state index in [9.17, 15) is 9.36 Å². The lowest BCUT2D eigenvalue weighted by atomic mass is 10.1. The van der Waals surface area contributed by atoms with Crippen LogP contribution in [0.2, 0.25) is 0 Å². The highest BCUT2D eigenvalue weighted by molar-refractivity contribution is 7.46. The maximum Gasteiger partial charge on any atom is 0.469 e. The van der Waals surface area contributed by atoms with Gasteiger partial charge in [-0.3, -0.25) is 4.52 Å². The van der Waals surface area contributed by atoms with E-state index < -0.39 is 19.4 Å². The van der Waals surface area contributed by atoms with Crippen LogP contribution in [0, 0.1) is 0 Å². The van der Waals surface area contributed by atoms with Crippen molar-refractivity contribution in [3.8, 4) is 0 Å². The lowest BCUT2D eigenvalue weighted by Crippen LogP contribution is -2.24. The third kappa shape index (κ3) is 5.98. The number of esters is 1. The Morgan fingerprint density at radius 1 is 1.26 bits per heavy atom. The molecular weight excluding hydrogens is 271 g/mol. The first-order valence-corrected chi connectivity index (χ1v) is 7.13. The van der Waals surface area contributed by atoms with E-state index in [1.165, 1.54) is 6.07 Å². The predicted molar refractivity (Wildman–Crippen MR) is 68.4 cm³/mol. The van der Waals surface area contributed by atoms with Crippen molar-refractivity contribution in [3.05, 3.63) is 35.4 Å². The minimum atomic E-state index is -4.57. The van der Waals surface area contributed by atoms with E-state index in [1.54, 1.807) is 39.0 Å². The average Bonchev–Trinajstić information content (AvgIpc) is 2.23. The van der Waals surface area contributed by atoms with E-state index in [0.717, 1.165) is 0 Å². The second-order valence-corrected chi connectivity index (χ2v) is 6.16. The number of carbonyl (C=O) groups is 1. The van der Waals surface area contributed by atoms with E-state index in [-0.39, 0.29) is 12.2 Å². The molecule has 0 aliphatic heterocycles. The van der Waals surface area contributed by atoms with Crippen molar-refractivity contribution in [2.24, 2.45) is 0 Å². The van der Waals surface area contributed by atoms with Gasteiger partial charge < -0.3 is 14.5 Å². The van der Waals surface area contributed by atoms with Gasteiger partial charge in [0, 0.05) is 0 Å². The normalized spacial score (nSPS) is 12.3. The van der Waals surface area contributed by atoms with E-state index >= 15 is 0 Å². The van der Waals surface area contributed by atoms with Gasteiger partial charge in [0.2, 0.25) is 0 Å². The molecule has 106 valence electrons. The Labute approximate surface area is 111 Å². The summed E-state index contributed by atoms with van der Waals surface area (Å²) in [6.45, 7) is 4.85. The summed E-state index contributed by atoms with van der Waals surface area (Å²) >= 11 is 0. The van der Waals surface area contributed by atoms with Crippen molar-refractivity contribution in [2.45, 2.75) is 33.0 Å². The van der Waals surface area contributed by atoms with Crippen LogP contribution < -0.4 is 0 Å². The molecule has 0 saturated carbocycles. The van der Waals surface area contributed by atoms with Gasteiger partial charge >= 0.3 is 13.8 Å². The van der Waals surface area contributed by atoms with Gasteiger partial charge in [-0.15, -0.1) is 0 Å². The first-order valence-electron chi connectivity index (χ1n) is 5.60. The molecule has 6 nitrogen and oxygen atoms in total. The van der Waals surface area contributed by atoms with Crippen LogP contribution in [0.1, 0.15) is 36.7 Å². The molecule has 0 saturated heterocycles. The molecule has 19 heavy (non-hydrogen) atoms. The minimum absolute atomic E-state index is 0.228. The Kier molecular flexibility index (Phi) is 4.87. The zero-order valence-electron chi connectivity index (χ0n) is 11.0. The molecule has 0 atom stereocenters. The van der Waals surface area contributed by atoms with Crippen molar-refractivity contribution in [1.29, 1.82) is 0 Å². The maximum absolute atomic E-state index is 11.9. The molecule has 0 bridgehead atoms. The van der Waals surface area contributed by atoms with Crippen LogP contribution in [0.3, 0.4) is 0 Å². The van der Waals surface area contributed by atoms with Gasteiger partial charge in [-0.1, -0.05) is 18.2 Å². The smallest absolute Gasteiger partial charge is 0.456 e. The second-order valence-electron chi connectivity index (χ2n) is 4.92. The summed E-state index contributed by atoms with van der Waals surface area (Å²) in [5, 5.41) is 0. The first-order chi connectivity index (χ1) is 8.58. The molecule has 0 aromatic heterocycles.